The van der Waals surface area contributed by atoms with E-state index in [9.17, 15) is 18.0 Å². The third-order valence-corrected chi connectivity index (χ3v) is 9.22. The first kappa shape index (κ1) is 23.1. The van der Waals surface area contributed by atoms with Gasteiger partial charge in [-0.15, -0.1) is 0 Å². The van der Waals surface area contributed by atoms with Crippen LogP contribution in [-0.2, 0) is 27.7 Å². The lowest BCUT2D eigenvalue weighted by molar-refractivity contribution is -0.117. The molecule has 1 N–H and O–H groups in total. The molecule has 2 amide bonds. The number of nitrogens with one attached hydrogen (secondary N) is 1. The van der Waals surface area contributed by atoms with Gasteiger partial charge < -0.3 is 10.2 Å². The Balaban J connectivity index is 1.19. The fourth-order valence-corrected chi connectivity index (χ4v) is 6.43. The minimum Gasteiger partial charge on any atom is -0.336 e. The second-order valence-corrected chi connectivity index (χ2v) is 11.7. The number of carbonyl (C=O) groups is 2. The molecule has 1 aliphatic heterocycles. The molecule has 2 aromatic rings. The number of amides is 2. The molecular weight excluding hydrogens is 450 g/mol. The fraction of sp³-hybridized carbons (Fsp3) is 0.462. The van der Waals surface area contributed by atoms with Gasteiger partial charge in [0.2, 0.25) is 15.9 Å². The third-order valence-electron chi connectivity index (χ3n) is 7.33. The highest BCUT2D eigenvalue weighted by Crippen LogP contribution is 2.38. The molecule has 0 aromatic heterocycles. The van der Waals surface area contributed by atoms with Gasteiger partial charge in [-0.05, 0) is 85.5 Å². The molecule has 180 valence electrons. The number of sulfonamides is 1. The predicted molar refractivity (Wildman–Crippen MR) is 130 cm³/mol. The molecule has 7 nitrogen and oxygen atoms in total. The molecule has 0 bridgehead atoms. The van der Waals surface area contributed by atoms with Gasteiger partial charge in [0.15, 0.2) is 0 Å². The number of fused-ring (bicyclic) bond motifs is 1. The highest BCUT2D eigenvalue weighted by molar-refractivity contribution is 7.89. The van der Waals surface area contributed by atoms with E-state index in [-0.39, 0.29) is 30.8 Å². The molecule has 1 saturated heterocycles. The normalized spacial score (nSPS) is 22.7. The van der Waals surface area contributed by atoms with Gasteiger partial charge in [0.25, 0.3) is 5.91 Å². The van der Waals surface area contributed by atoms with Crippen molar-refractivity contribution in [3.05, 3.63) is 59.2 Å². The van der Waals surface area contributed by atoms with Crippen molar-refractivity contribution in [2.45, 2.75) is 43.9 Å². The Morgan fingerprint density at radius 3 is 2.21 bits per heavy atom. The summed E-state index contributed by atoms with van der Waals surface area (Å²) < 4.78 is 27.9. The molecule has 2 unspecified atom stereocenters. The second-order valence-electron chi connectivity index (χ2n) is 9.72. The molecule has 34 heavy (non-hydrogen) atoms. The maximum atomic E-state index is 13.2. The lowest BCUT2D eigenvalue weighted by Crippen LogP contribution is -2.50. The smallest absolute Gasteiger partial charge is 0.253 e. The second kappa shape index (κ2) is 9.15. The van der Waals surface area contributed by atoms with E-state index in [0.29, 0.717) is 35.2 Å². The number of benzene rings is 2. The van der Waals surface area contributed by atoms with Crippen molar-refractivity contribution in [3.63, 3.8) is 0 Å². The van der Waals surface area contributed by atoms with Crippen LogP contribution in [0.25, 0.3) is 0 Å². The number of aryl methyl sites for hydroxylation is 2. The van der Waals surface area contributed by atoms with Gasteiger partial charge in [-0.3, -0.25) is 9.59 Å². The highest BCUT2D eigenvalue weighted by atomic mass is 32.2. The van der Waals surface area contributed by atoms with E-state index in [1.807, 2.05) is 12.1 Å². The topological polar surface area (TPSA) is 86.8 Å². The minimum atomic E-state index is -3.58. The number of hydrogen-bond donors (Lipinski definition) is 1. The maximum Gasteiger partial charge on any atom is 0.253 e. The minimum absolute atomic E-state index is 0.0304. The molecule has 2 aromatic carbocycles. The lowest BCUT2D eigenvalue weighted by Gasteiger charge is -2.34. The van der Waals surface area contributed by atoms with E-state index in [0.717, 1.165) is 37.7 Å². The summed E-state index contributed by atoms with van der Waals surface area (Å²) >= 11 is 0. The molecule has 1 heterocycles. The zero-order valence-corrected chi connectivity index (χ0v) is 20.3. The summed E-state index contributed by atoms with van der Waals surface area (Å²) in [5.74, 6) is 0.438. The van der Waals surface area contributed by atoms with E-state index >= 15 is 0 Å². The number of rotatable bonds is 5. The predicted octanol–water partition coefficient (Wildman–Crippen LogP) is 3.31. The molecule has 2 aliphatic carbocycles. The lowest BCUT2D eigenvalue weighted by atomic mass is 9.92. The van der Waals surface area contributed by atoms with Crippen molar-refractivity contribution < 1.29 is 18.0 Å². The van der Waals surface area contributed by atoms with Crippen LogP contribution < -0.4 is 5.32 Å². The molecule has 1 saturated carbocycles. The molecule has 2 atom stereocenters. The molecule has 5 rings (SSSR count). The maximum absolute atomic E-state index is 13.2. The summed E-state index contributed by atoms with van der Waals surface area (Å²) in [6.45, 7) is 3.31. The average molecular weight is 482 g/mol. The van der Waals surface area contributed by atoms with Gasteiger partial charge in [-0.2, -0.15) is 4.31 Å². The van der Waals surface area contributed by atoms with E-state index < -0.39 is 10.0 Å². The van der Waals surface area contributed by atoms with Crippen molar-refractivity contribution in [1.82, 2.24) is 9.21 Å². The monoisotopic (exact) mass is 481 g/mol. The Kier molecular flexibility index (Phi) is 6.20. The van der Waals surface area contributed by atoms with Crippen molar-refractivity contribution in [2.24, 2.45) is 11.8 Å². The van der Waals surface area contributed by atoms with Crippen LogP contribution in [0, 0.1) is 11.8 Å². The Hall–Kier alpha value is -2.71. The SMILES string of the molecule is CC1CC1C(=O)Nc1ccc(C(=O)N2CCN(S(=O)(=O)c3ccc4c(c3)CCCC4)CC2)cc1. The van der Waals surface area contributed by atoms with Crippen LogP contribution in [0.3, 0.4) is 0 Å². The van der Waals surface area contributed by atoms with Crippen molar-refractivity contribution in [1.29, 1.82) is 0 Å². The van der Waals surface area contributed by atoms with Gasteiger partial charge in [-0.1, -0.05) is 13.0 Å². The number of carbonyl (C=O) groups excluding carboxylic acids is 2. The third kappa shape index (κ3) is 4.61. The molecular formula is C26H31N3O4S. The van der Waals surface area contributed by atoms with Crippen LogP contribution in [0.15, 0.2) is 47.4 Å². The van der Waals surface area contributed by atoms with E-state index in [1.165, 1.54) is 9.87 Å². The van der Waals surface area contributed by atoms with Crippen LogP contribution in [0.1, 0.15) is 47.7 Å². The van der Waals surface area contributed by atoms with Crippen molar-refractivity contribution in [3.8, 4) is 0 Å². The molecule has 2 fully saturated rings. The van der Waals surface area contributed by atoms with Gasteiger partial charge in [0.05, 0.1) is 4.90 Å². The van der Waals surface area contributed by atoms with E-state index in [2.05, 4.69) is 12.2 Å². The zero-order chi connectivity index (χ0) is 23.9. The van der Waals surface area contributed by atoms with Crippen LogP contribution >= 0.6 is 0 Å². The first-order chi connectivity index (χ1) is 16.3. The number of piperazine rings is 1. The van der Waals surface area contributed by atoms with Gasteiger partial charge >= 0.3 is 0 Å². The van der Waals surface area contributed by atoms with E-state index in [4.69, 9.17) is 0 Å². The first-order valence-corrected chi connectivity index (χ1v) is 13.6. The van der Waals surface area contributed by atoms with Crippen LogP contribution in [0.4, 0.5) is 5.69 Å². The van der Waals surface area contributed by atoms with Gasteiger partial charge in [-0.25, -0.2) is 8.42 Å². The van der Waals surface area contributed by atoms with Crippen LogP contribution in [0.2, 0.25) is 0 Å². The quantitative estimate of drug-likeness (QED) is 0.710. The van der Waals surface area contributed by atoms with Crippen molar-refractivity contribution >= 4 is 27.5 Å². The summed E-state index contributed by atoms with van der Waals surface area (Å²) in [4.78, 5) is 27.1. The summed E-state index contributed by atoms with van der Waals surface area (Å²) in [5.41, 5.74) is 3.62. The van der Waals surface area contributed by atoms with E-state index in [1.54, 1.807) is 35.2 Å². The molecule has 8 heteroatoms. The summed E-state index contributed by atoms with van der Waals surface area (Å²) in [6.07, 6.45) is 5.14. The highest BCUT2D eigenvalue weighted by Gasteiger charge is 2.39. The number of nitrogens with zero attached hydrogens (tertiary/aromatic N) is 2. The fourth-order valence-electron chi connectivity index (χ4n) is 4.95. The Labute approximate surface area is 201 Å². The summed E-state index contributed by atoms with van der Waals surface area (Å²) in [5, 5.41) is 2.90. The molecule has 0 radical (unpaired) electrons. The summed E-state index contributed by atoms with van der Waals surface area (Å²) in [7, 11) is -3.58. The Morgan fingerprint density at radius 1 is 0.912 bits per heavy atom. The average Bonchev–Trinajstić information content (AvgIpc) is 3.60. The molecule has 0 spiro atoms. The standard InChI is InChI=1S/C26H31N3O4S/c1-18-16-24(18)25(30)27-22-9-6-20(7-10-22)26(31)28-12-14-29(15-13-28)34(32,33)23-11-8-19-4-2-3-5-21(19)17-23/h6-11,17-18,24H,2-5,12-16H2,1H3,(H,27,30). The number of anilines is 1. The largest absolute Gasteiger partial charge is 0.336 e. The van der Waals surface area contributed by atoms with Crippen molar-refractivity contribution in [2.75, 3.05) is 31.5 Å². The number of hydrogen-bond acceptors (Lipinski definition) is 4. The first-order valence-electron chi connectivity index (χ1n) is 12.1. The van der Waals surface area contributed by atoms with Crippen LogP contribution in [-0.4, -0.2) is 55.6 Å². The van der Waals surface area contributed by atoms with Gasteiger partial charge in [0.1, 0.15) is 0 Å². The Morgan fingerprint density at radius 2 is 1.56 bits per heavy atom. The zero-order valence-electron chi connectivity index (χ0n) is 19.5. The van der Waals surface area contributed by atoms with Crippen LogP contribution in [0.5, 0.6) is 0 Å². The summed E-state index contributed by atoms with van der Waals surface area (Å²) in [6, 6.07) is 12.4. The Bertz CT molecular complexity index is 1200. The molecule has 3 aliphatic rings. The van der Waals surface area contributed by atoms with Gasteiger partial charge in [0, 0.05) is 43.3 Å².